The van der Waals surface area contributed by atoms with Crippen LogP contribution in [0, 0.1) is 5.41 Å². The SMILES string of the molecule is CC(NC(=O)NCC1(C(=O)O)CCOCC1)c1ccco1. The number of hydrogen-bond acceptors (Lipinski definition) is 4. The standard InChI is InChI=1S/C14H20N2O5/c1-10(11-3-2-6-21-11)16-13(19)15-9-14(12(17)18)4-7-20-8-5-14/h2-3,6,10H,4-5,7-9H2,1H3,(H,17,18)(H2,15,16,19). The predicted molar refractivity (Wildman–Crippen MR) is 73.8 cm³/mol. The highest BCUT2D eigenvalue weighted by atomic mass is 16.5. The Morgan fingerprint density at radius 2 is 2.14 bits per heavy atom. The van der Waals surface area contributed by atoms with Crippen molar-refractivity contribution < 1.29 is 23.8 Å². The van der Waals surface area contributed by atoms with Gasteiger partial charge in [-0.25, -0.2) is 4.79 Å². The summed E-state index contributed by atoms with van der Waals surface area (Å²) in [6.45, 7) is 2.68. The van der Waals surface area contributed by atoms with Crippen LogP contribution in [-0.2, 0) is 9.53 Å². The van der Waals surface area contributed by atoms with E-state index >= 15 is 0 Å². The average molecular weight is 296 g/mol. The Labute approximate surface area is 122 Å². The van der Waals surface area contributed by atoms with Crippen molar-refractivity contribution in [1.82, 2.24) is 10.6 Å². The molecular weight excluding hydrogens is 276 g/mol. The smallest absolute Gasteiger partial charge is 0.315 e. The molecule has 2 heterocycles. The number of hydrogen-bond donors (Lipinski definition) is 3. The number of carbonyl (C=O) groups is 2. The van der Waals surface area contributed by atoms with Crippen LogP contribution in [0.3, 0.4) is 0 Å². The Morgan fingerprint density at radius 3 is 2.71 bits per heavy atom. The summed E-state index contributed by atoms with van der Waals surface area (Å²) in [5.41, 5.74) is -0.941. The fourth-order valence-corrected chi connectivity index (χ4v) is 2.33. The van der Waals surface area contributed by atoms with Gasteiger partial charge in [0.1, 0.15) is 5.76 Å². The van der Waals surface area contributed by atoms with Crippen LogP contribution >= 0.6 is 0 Å². The molecule has 3 N–H and O–H groups in total. The van der Waals surface area contributed by atoms with Gasteiger partial charge in [0.15, 0.2) is 0 Å². The summed E-state index contributed by atoms with van der Waals surface area (Å²) in [5, 5.41) is 14.7. The molecule has 7 nitrogen and oxygen atoms in total. The van der Waals surface area contributed by atoms with Crippen molar-refractivity contribution in [1.29, 1.82) is 0 Å². The number of furan rings is 1. The summed E-state index contributed by atoms with van der Waals surface area (Å²) in [6.07, 6.45) is 2.33. The molecule has 0 saturated carbocycles. The van der Waals surface area contributed by atoms with Crippen molar-refractivity contribution in [2.75, 3.05) is 19.8 Å². The Kier molecular flexibility index (Phi) is 4.85. The predicted octanol–water partition coefficient (Wildman–Crippen LogP) is 1.52. The van der Waals surface area contributed by atoms with Gasteiger partial charge in [0.25, 0.3) is 0 Å². The third kappa shape index (κ3) is 3.75. The molecule has 2 amide bonds. The van der Waals surface area contributed by atoms with Crippen molar-refractivity contribution in [2.24, 2.45) is 5.41 Å². The molecule has 0 spiro atoms. The maximum atomic E-state index is 11.9. The molecular formula is C14H20N2O5. The van der Waals surface area contributed by atoms with E-state index in [0.717, 1.165) is 0 Å². The number of rotatable bonds is 5. The minimum absolute atomic E-state index is 0.0857. The number of carboxylic acids is 1. The fourth-order valence-electron chi connectivity index (χ4n) is 2.33. The highest BCUT2D eigenvalue weighted by Gasteiger charge is 2.40. The van der Waals surface area contributed by atoms with Crippen LogP contribution in [0.25, 0.3) is 0 Å². The molecule has 116 valence electrons. The summed E-state index contributed by atoms with van der Waals surface area (Å²) in [7, 11) is 0. The van der Waals surface area contributed by atoms with E-state index in [0.29, 0.717) is 31.8 Å². The van der Waals surface area contributed by atoms with E-state index in [1.165, 1.54) is 6.26 Å². The van der Waals surface area contributed by atoms with Gasteiger partial charge in [-0.2, -0.15) is 0 Å². The number of amides is 2. The van der Waals surface area contributed by atoms with Gasteiger partial charge in [-0.1, -0.05) is 0 Å². The number of ether oxygens (including phenoxy) is 1. The molecule has 1 aliphatic rings. The van der Waals surface area contributed by atoms with Gasteiger partial charge in [-0.05, 0) is 31.9 Å². The zero-order valence-corrected chi connectivity index (χ0v) is 11.9. The van der Waals surface area contributed by atoms with Crippen LogP contribution in [0.2, 0.25) is 0 Å². The van der Waals surface area contributed by atoms with Crippen LogP contribution in [0.1, 0.15) is 31.6 Å². The van der Waals surface area contributed by atoms with Crippen LogP contribution in [0.5, 0.6) is 0 Å². The molecule has 1 unspecified atom stereocenters. The van der Waals surface area contributed by atoms with Crippen molar-refractivity contribution in [3.05, 3.63) is 24.2 Å². The van der Waals surface area contributed by atoms with Crippen LogP contribution < -0.4 is 10.6 Å². The summed E-state index contributed by atoms with van der Waals surface area (Å²) in [4.78, 5) is 23.3. The minimum Gasteiger partial charge on any atom is -0.481 e. The lowest BCUT2D eigenvalue weighted by Gasteiger charge is -2.33. The molecule has 1 aromatic rings. The zero-order valence-electron chi connectivity index (χ0n) is 11.9. The Balaban J connectivity index is 1.86. The molecule has 0 bridgehead atoms. The van der Waals surface area contributed by atoms with Gasteiger partial charge in [-0.15, -0.1) is 0 Å². The van der Waals surface area contributed by atoms with E-state index < -0.39 is 17.4 Å². The summed E-state index contributed by atoms with van der Waals surface area (Å²) in [5.74, 6) is -0.255. The fraction of sp³-hybridized carbons (Fsp3) is 0.571. The monoisotopic (exact) mass is 296 g/mol. The van der Waals surface area contributed by atoms with E-state index in [1.54, 1.807) is 19.1 Å². The minimum atomic E-state index is -0.941. The normalized spacial score (nSPS) is 18.7. The van der Waals surface area contributed by atoms with Crippen molar-refractivity contribution in [3.63, 3.8) is 0 Å². The Hall–Kier alpha value is -2.02. The maximum Gasteiger partial charge on any atom is 0.315 e. The first-order valence-electron chi connectivity index (χ1n) is 6.92. The van der Waals surface area contributed by atoms with Crippen LogP contribution in [0.15, 0.2) is 22.8 Å². The molecule has 1 fully saturated rings. The van der Waals surface area contributed by atoms with Crippen LogP contribution in [0.4, 0.5) is 4.79 Å². The van der Waals surface area contributed by atoms with E-state index in [-0.39, 0.29) is 12.6 Å². The number of nitrogens with one attached hydrogen (secondary N) is 2. The van der Waals surface area contributed by atoms with Gasteiger partial charge in [0.2, 0.25) is 0 Å². The second-order valence-corrected chi connectivity index (χ2v) is 5.26. The molecule has 1 saturated heterocycles. The number of carbonyl (C=O) groups excluding carboxylic acids is 1. The molecule has 2 rings (SSSR count). The first kappa shape index (κ1) is 15.4. The summed E-state index contributed by atoms with van der Waals surface area (Å²) < 4.78 is 10.4. The lowest BCUT2D eigenvalue weighted by Crippen LogP contribution is -2.49. The Morgan fingerprint density at radius 1 is 1.43 bits per heavy atom. The molecule has 0 radical (unpaired) electrons. The number of aliphatic carboxylic acids is 1. The first-order chi connectivity index (χ1) is 10.0. The maximum absolute atomic E-state index is 11.9. The highest BCUT2D eigenvalue weighted by molar-refractivity contribution is 5.78. The third-order valence-electron chi connectivity index (χ3n) is 3.81. The Bertz CT molecular complexity index is 480. The molecule has 7 heteroatoms. The lowest BCUT2D eigenvalue weighted by molar-refractivity contribution is -0.154. The molecule has 0 aromatic carbocycles. The average Bonchev–Trinajstić information content (AvgIpc) is 3.00. The summed E-state index contributed by atoms with van der Waals surface area (Å²) in [6, 6.07) is 2.82. The van der Waals surface area contributed by atoms with E-state index in [1.807, 2.05) is 0 Å². The largest absolute Gasteiger partial charge is 0.481 e. The second-order valence-electron chi connectivity index (χ2n) is 5.26. The quantitative estimate of drug-likeness (QED) is 0.765. The highest BCUT2D eigenvalue weighted by Crippen LogP contribution is 2.30. The summed E-state index contributed by atoms with van der Waals surface area (Å²) >= 11 is 0. The molecule has 21 heavy (non-hydrogen) atoms. The van der Waals surface area contributed by atoms with Crippen molar-refractivity contribution in [2.45, 2.75) is 25.8 Å². The molecule has 0 aliphatic carbocycles. The lowest BCUT2D eigenvalue weighted by atomic mass is 9.80. The van der Waals surface area contributed by atoms with Gasteiger partial charge < -0.3 is 24.9 Å². The van der Waals surface area contributed by atoms with E-state index in [2.05, 4.69) is 10.6 Å². The number of carboxylic acid groups (broad SMARTS) is 1. The zero-order chi connectivity index (χ0) is 15.3. The van der Waals surface area contributed by atoms with Gasteiger partial charge >= 0.3 is 12.0 Å². The van der Waals surface area contributed by atoms with E-state index in [4.69, 9.17) is 9.15 Å². The van der Waals surface area contributed by atoms with Gasteiger partial charge in [0, 0.05) is 19.8 Å². The van der Waals surface area contributed by atoms with Crippen molar-refractivity contribution in [3.8, 4) is 0 Å². The third-order valence-corrected chi connectivity index (χ3v) is 3.81. The second kappa shape index (κ2) is 6.62. The number of urea groups is 1. The topological polar surface area (TPSA) is 101 Å². The van der Waals surface area contributed by atoms with Crippen LogP contribution in [-0.4, -0.2) is 36.9 Å². The van der Waals surface area contributed by atoms with Crippen molar-refractivity contribution >= 4 is 12.0 Å². The molecule has 1 atom stereocenters. The first-order valence-corrected chi connectivity index (χ1v) is 6.92. The molecule has 1 aromatic heterocycles. The molecule has 1 aliphatic heterocycles. The van der Waals surface area contributed by atoms with E-state index in [9.17, 15) is 14.7 Å². The van der Waals surface area contributed by atoms with Gasteiger partial charge in [-0.3, -0.25) is 4.79 Å². The van der Waals surface area contributed by atoms with Gasteiger partial charge in [0.05, 0.1) is 17.7 Å².